The number of rotatable bonds is 8. The highest BCUT2D eigenvalue weighted by Crippen LogP contribution is 2.12. The van der Waals surface area contributed by atoms with Crippen molar-refractivity contribution in [1.29, 1.82) is 0 Å². The van der Waals surface area contributed by atoms with Crippen molar-refractivity contribution in [3.63, 3.8) is 0 Å². The van der Waals surface area contributed by atoms with E-state index in [4.69, 9.17) is 4.74 Å². The Labute approximate surface area is 157 Å². The summed E-state index contributed by atoms with van der Waals surface area (Å²) < 4.78 is 9.72. The first-order valence-corrected chi connectivity index (χ1v) is 8.39. The van der Waals surface area contributed by atoms with Crippen LogP contribution in [0.3, 0.4) is 0 Å². The molecule has 0 radical (unpaired) electrons. The van der Waals surface area contributed by atoms with E-state index in [9.17, 15) is 14.4 Å². The summed E-state index contributed by atoms with van der Waals surface area (Å²) in [4.78, 5) is 35.4. The first-order valence-electron chi connectivity index (χ1n) is 8.39. The van der Waals surface area contributed by atoms with Crippen molar-refractivity contribution in [3.8, 4) is 5.75 Å². The fourth-order valence-corrected chi connectivity index (χ4v) is 2.39. The third-order valence-corrected chi connectivity index (χ3v) is 3.78. The maximum atomic E-state index is 12.0. The van der Waals surface area contributed by atoms with Crippen LogP contribution in [-0.2, 0) is 20.7 Å². The zero-order valence-corrected chi connectivity index (χ0v) is 15.3. The minimum Gasteiger partial charge on any atom is -0.497 e. The first kappa shape index (κ1) is 20.0. The normalized spacial score (nSPS) is 10.0. The van der Waals surface area contributed by atoms with Crippen molar-refractivity contribution in [1.82, 2.24) is 5.32 Å². The number of amides is 2. The van der Waals surface area contributed by atoms with E-state index in [-0.39, 0.29) is 12.3 Å². The van der Waals surface area contributed by atoms with Crippen LogP contribution in [-0.4, -0.2) is 38.5 Å². The van der Waals surface area contributed by atoms with Crippen LogP contribution in [0.5, 0.6) is 5.75 Å². The van der Waals surface area contributed by atoms with E-state index in [1.54, 1.807) is 25.3 Å². The van der Waals surface area contributed by atoms with Crippen molar-refractivity contribution >= 4 is 23.5 Å². The van der Waals surface area contributed by atoms with Gasteiger partial charge in [-0.25, -0.2) is 4.79 Å². The van der Waals surface area contributed by atoms with Crippen LogP contribution in [0.1, 0.15) is 22.3 Å². The number of ether oxygens (including phenoxy) is 2. The van der Waals surface area contributed by atoms with E-state index in [1.807, 2.05) is 24.3 Å². The van der Waals surface area contributed by atoms with E-state index in [0.717, 1.165) is 11.3 Å². The highest BCUT2D eigenvalue weighted by atomic mass is 16.5. The molecule has 0 aliphatic heterocycles. The molecule has 2 amide bonds. The first-order chi connectivity index (χ1) is 13.0. The molecular weight excluding hydrogens is 348 g/mol. The van der Waals surface area contributed by atoms with Crippen LogP contribution in [0.2, 0.25) is 0 Å². The molecule has 0 atom stereocenters. The molecule has 2 aromatic rings. The molecule has 2 aromatic carbocycles. The quantitative estimate of drug-likeness (QED) is 0.549. The molecule has 27 heavy (non-hydrogen) atoms. The summed E-state index contributed by atoms with van der Waals surface area (Å²) in [6.07, 6.45) is 0.351. The Morgan fingerprint density at radius 1 is 0.963 bits per heavy atom. The van der Waals surface area contributed by atoms with Gasteiger partial charge < -0.3 is 20.1 Å². The third-order valence-electron chi connectivity index (χ3n) is 3.78. The number of esters is 1. The largest absolute Gasteiger partial charge is 0.497 e. The van der Waals surface area contributed by atoms with E-state index in [1.165, 1.54) is 13.2 Å². The van der Waals surface area contributed by atoms with Gasteiger partial charge in [0.05, 0.1) is 19.8 Å². The lowest BCUT2D eigenvalue weighted by Gasteiger charge is -2.08. The number of carbonyl (C=O) groups excluding carboxylic acids is 3. The Balaban J connectivity index is 1.76. The van der Waals surface area contributed by atoms with Crippen LogP contribution in [0.25, 0.3) is 0 Å². The molecule has 0 saturated carbocycles. The molecule has 0 aliphatic carbocycles. The van der Waals surface area contributed by atoms with Gasteiger partial charge in [-0.05, 0) is 42.3 Å². The fourth-order valence-electron chi connectivity index (χ4n) is 2.39. The molecule has 0 fully saturated rings. The summed E-state index contributed by atoms with van der Waals surface area (Å²) in [6, 6.07) is 13.9. The predicted octanol–water partition coefficient (Wildman–Crippen LogP) is 2.17. The highest BCUT2D eigenvalue weighted by molar-refractivity contribution is 6.04. The smallest absolute Gasteiger partial charge is 0.337 e. The number of carbonyl (C=O) groups is 3. The Morgan fingerprint density at radius 2 is 1.70 bits per heavy atom. The Bertz CT molecular complexity index is 802. The van der Waals surface area contributed by atoms with Crippen molar-refractivity contribution in [3.05, 3.63) is 59.7 Å². The molecule has 0 aromatic heterocycles. The van der Waals surface area contributed by atoms with Crippen LogP contribution in [0.4, 0.5) is 5.69 Å². The topological polar surface area (TPSA) is 93.7 Å². The van der Waals surface area contributed by atoms with Gasteiger partial charge in [0.2, 0.25) is 11.8 Å². The molecule has 7 heteroatoms. The average Bonchev–Trinajstić information content (AvgIpc) is 2.68. The number of hydrogen-bond acceptors (Lipinski definition) is 5. The van der Waals surface area contributed by atoms with Gasteiger partial charge in [0, 0.05) is 12.2 Å². The number of benzene rings is 2. The molecule has 142 valence electrons. The molecule has 2 N–H and O–H groups in total. The van der Waals surface area contributed by atoms with Crippen molar-refractivity contribution in [2.75, 3.05) is 26.1 Å². The number of methoxy groups -OCH3 is 2. The zero-order chi connectivity index (χ0) is 19.6. The highest BCUT2D eigenvalue weighted by Gasteiger charge is 2.11. The van der Waals surface area contributed by atoms with E-state index in [0.29, 0.717) is 24.2 Å². The number of anilines is 1. The fraction of sp³-hybridized carbons (Fsp3) is 0.250. The molecule has 0 aliphatic rings. The monoisotopic (exact) mass is 370 g/mol. The van der Waals surface area contributed by atoms with Gasteiger partial charge in [-0.3, -0.25) is 9.59 Å². The lowest BCUT2D eigenvalue weighted by atomic mass is 10.1. The molecule has 0 spiro atoms. The van der Waals surface area contributed by atoms with Crippen molar-refractivity contribution in [2.45, 2.75) is 12.8 Å². The van der Waals surface area contributed by atoms with Gasteiger partial charge in [-0.2, -0.15) is 0 Å². The van der Waals surface area contributed by atoms with E-state index >= 15 is 0 Å². The standard InChI is InChI=1S/C20H22N2O5/c1-26-17-8-6-14(7-9-17)10-11-21-18(23)13-19(24)22-16-5-3-4-15(12-16)20(25)27-2/h3-9,12H,10-11,13H2,1-2H3,(H,21,23)(H,22,24). The van der Waals surface area contributed by atoms with Gasteiger partial charge in [-0.1, -0.05) is 18.2 Å². The number of hydrogen-bond donors (Lipinski definition) is 2. The minimum absolute atomic E-state index is 0.301. The van der Waals surface area contributed by atoms with Gasteiger partial charge in [0.25, 0.3) is 0 Å². The maximum absolute atomic E-state index is 12.0. The van der Waals surface area contributed by atoms with Crippen molar-refractivity contribution in [2.24, 2.45) is 0 Å². The van der Waals surface area contributed by atoms with Gasteiger partial charge in [-0.15, -0.1) is 0 Å². The predicted molar refractivity (Wildman–Crippen MR) is 101 cm³/mol. The Morgan fingerprint density at radius 3 is 2.37 bits per heavy atom. The lowest BCUT2D eigenvalue weighted by Crippen LogP contribution is -2.29. The molecule has 0 heterocycles. The Hall–Kier alpha value is -3.35. The van der Waals surface area contributed by atoms with E-state index < -0.39 is 11.9 Å². The van der Waals surface area contributed by atoms with Crippen LogP contribution < -0.4 is 15.4 Å². The Kier molecular flexibility index (Phi) is 7.37. The second kappa shape index (κ2) is 9.96. The number of nitrogens with one attached hydrogen (secondary N) is 2. The summed E-state index contributed by atoms with van der Waals surface area (Å²) in [5, 5.41) is 5.30. The van der Waals surface area contributed by atoms with Crippen LogP contribution in [0, 0.1) is 0 Å². The molecular formula is C20H22N2O5. The summed E-state index contributed by atoms with van der Waals surface area (Å²) >= 11 is 0. The molecule has 2 rings (SSSR count). The van der Waals surface area contributed by atoms with Gasteiger partial charge in [0.1, 0.15) is 12.2 Å². The van der Waals surface area contributed by atoms with Crippen LogP contribution in [0.15, 0.2) is 48.5 Å². The minimum atomic E-state index is -0.498. The van der Waals surface area contributed by atoms with Gasteiger partial charge >= 0.3 is 5.97 Å². The molecule has 0 unspecified atom stereocenters. The second-order valence-electron chi connectivity index (χ2n) is 5.75. The molecule has 7 nitrogen and oxygen atoms in total. The lowest BCUT2D eigenvalue weighted by molar-refractivity contribution is -0.126. The molecule has 0 saturated heterocycles. The van der Waals surface area contributed by atoms with E-state index in [2.05, 4.69) is 15.4 Å². The van der Waals surface area contributed by atoms with Gasteiger partial charge in [0.15, 0.2) is 0 Å². The maximum Gasteiger partial charge on any atom is 0.337 e. The summed E-state index contributed by atoms with van der Waals surface area (Å²) in [7, 11) is 2.88. The van der Waals surface area contributed by atoms with Crippen molar-refractivity contribution < 1.29 is 23.9 Å². The average molecular weight is 370 g/mol. The van der Waals surface area contributed by atoms with Crippen LogP contribution >= 0.6 is 0 Å². The summed E-state index contributed by atoms with van der Waals surface area (Å²) in [5.74, 6) is -0.554. The SMILES string of the molecule is COC(=O)c1cccc(NC(=O)CC(=O)NCCc2ccc(OC)cc2)c1. The summed E-state index contributed by atoms with van der Waals surface area (Å²) in [6.45, 7) is 0.427. The summed E-state index contributed by atoms with van der Waals surface area (Å²) in [5.41, 5.74) is 1.80. The zero-order valence-electron chi connectivity index (χ0n) is 15.3. The molecule has 0 bridgehead atoms. The third kappa shape index (κ3) is 6.47. The second-order valence-corrected chi connectivity index (χ2v) is 5.75.